The van der Waals surface area contributed by atoms with Crippen LogP contribution in [0.2, 0.25) is 0 Å². The fourth-order valence-corrected chi connectivity index (χ4v) is 2.49. The summed E-state index contributed by atoms with van der Waals surface area (Å²) in [6.07, 6.45) is 0.695. The summed E-state index contributed by atoms with van der Waals surface area (Å²) in [5.74, 6) is 0.341. The number of halogens is 2. The highest BCUT2D eigenvalue weighted by molar-refractivity contribution is 9.11. The van der Waals surface area contributed by atoms with Gasteiger partial charge in [-0.3, -0.25) is 4.79 Å². The third-order valence-electron chi connectivity index (χ3n) is 1.67. The first kappa shape index (κ1) is 8.97. The molecule has 0 saturated carbocycles. The monoisotopic (exact) mass is 302 g/mol. The summed E-state index contributed by atoms with van der Waals surface area (Å²) in [4.78, 5) is 10.5. The fraction of sp³-hybridized carbons (Fsp3) is 0. The Balaban J connectivity index is 2.82. The molecule has 1 aromatic carbocycles. The fourth-order valence-electron chi connectivity index (χ4n) is 1.15. The second kappa shape index (κ2) is 3.27. The van der Waals surface area contributed by atoms with E-state index < -0.39 is 0 Å². The average Bonchev–Trinajstić information content (AvgIpc) is 2.47. The molecule has 0 amide bonds. The third-order valence-corrected chi connectivity index (χ3v) is 2.72. The second-order valence-corrected chi connectivity index (χ2v) is 4.34. The van der Waals surface area contributed by atoms with E-state index >= 15 is 0 Å². The van der Waals surface area contributed by atoms with Crippen molar-refractivity contribution in [3.05, 3.63) is 32.9 Å². The summed E-state index contributed by atoms with van der Waals surface area (Å²) in [5.41, 5.74) is 0.699. The standard InChI is InChI=1S/C9H4Br2O2/c10-6-1-5-2-7(4-12)13-9(5)8(11)3-6/h1-4H. The Hall–Kier alpha value is -0.610. The maximum Gasteiger partial charge on any atom is 0.185 e. The Morgan fingerprint density at radius 3 is 2.69 bits per heavy atom. The van der Waals surface area contributed by atoms with E-state index in [2.05, 4.69) is 31.9 Å². The maximum absolute atomic E-state index is 10.5. The van der Waals surface area contributed by atoms with E-state index in [4.69, 9.17) is 4.42 Å². The Kier molecular flexibility index (Phi) is 2.26. The van der Waals surface area contributed by atoms with E-state index in [0.29, 0.717) is 17.6 Å². The zero-order valence-electron chi connectivity index (χ0n) is 6.38. The second-order valence-electron chi connectivity index (χ2n) is 2.57. The van der Waals surface area contributed by atoms with Crippen LogP contribution in [0.1, 0.15) is 10.6 Å². The van der Waals surface area contributed by atoms with Gasteiger partial charge in [-0.1, -0.05) is 15.9 Å². The van der Waals surface area contributed by atoms with Crippen molar-refractivity contribution in [2.45, 2.75) is 0 Å². The molecule has 4 heteroatoms. The van der Waals surface area contributed by atoms with Crippen LogP contribution in [0, 0.1) is 0 Å². The molecule has 0 aliphatic carbocycles. The molecule has 0 bridgehead atoms. The molecule has 0 aliphatic rings. The van der Waals surface area contributed by atoms with Crippen molar-refractivity contribution in [2.75, 3.05) is 0 Å². The summed E-state index contributed by atoms with van der Waals surface area (Å²) in [6, 6.07) is 5.48. The molecule has 2 nitrogen and oxygen atoms in total. The highest BCUT2D eigenvalue weighted by Crippen LogP contribution is 2.30. The molecule has 0 fully saturated rings. The molecule has 1 aromatic heterocycles. The molecular weight excluding hydrogens is 300 g/mol. The number of hydrogen-bond acceptors (Lipinski definition) is 2. The van der Waals surface area contributed by atoms with Crippen molar-refractivity contribution in [3.8, 4) is 0 Å². The lowest BCUT2D eigenvalue weighted by Crippen LogP contribution is -1.68. The molecule has 0 radical (unpaired) electrons. The number of hydrogen-bond donors (Lipinski definition) is 0. The molecule has 1 heterocycles. The predicted molar refractivity (Wildman–Crippen MR) is 57.0 cm³/mol. The van der Waals surface area contributed by atoms with Crippen molar-refractivity contribution < 1.29 is 9.21 Å². The smallest absolute Gasteiger partial charge is 0.185 e. The van der Waals surface area contributed by atoms with Gasteiger partial charge in [0.1, 0.15) is 5.58 Å². The van der Waals surface area contributed by atoms with Gasteiger partial charge in [-0.05, 0) is 34.1 Å². The maximum atomic E-state index is 10.5. The zero-order valence-corrected chi connectivity index (χ0v) is 9.55. The third kappa shape index (κ3) is 1.56. The van der Waals surface area contributed by atoms with Gasteiger partial charge in [-0.2, -0.15) is 0 Å². The summed E-state index contributed by atoms with van der Waals surface area (Å²) in [7, 11) is 0. The van der Waals surface area contributed by atoms with Crippen molar-refractivity contribution in [1.82, 2.24) is 0 Å². The van der Waals surface area contributed by atoms with Gasteiger partial charge in [-0.25, -0.2) is 0 Å². The van der Waals surface area contributed by atoms with Crippen LogP contribution >= 0.6 is 31.9 Å². The quantitative estimate of drug-likeness (QED) is 0.751. The van der Waals surface area contributed by atoms with Gasteiger partial charge in [0, 0.05) is 9.86 Å². The first-order valence-electron chi connectivity index (χ1n) is 3.54. The Labute approximate surface area is 91.2 Å². The first-order chi connectivity index (χ1) is 6.20. The molecule has 2 rings (SSSR count). The topological polar surface area (TPSA) is 30.2 Å². The van der Waals surface area contributed by atoms with Gasteiger partial charge < -0.3 is 4.42 Å². The van der Waals surface area contributed by atoms with Crippen LogP contribution < -0.4 is 0 Å². The summed E-state index contributed by atoms with van der Waals surface area (Å²) in [6.45, 7) is 0. The van der Waals surface area contributed by atoms with Crippen LogP contribution in [0.4, 0.5) is 0 Å². The minimum Gasteiger partial charge on any atom is -0.452 e. The van der Waals surface area contributed by atoms with Crippen LogP contribution in [0.3, 0.4) is 0 Å². The molecule has 0 aliphatic heterocycles. The SMILES string of the molecule is O=Cc1cc2cc(Br)cc(Br)c2o1. The molecule has 2 aromatic rings. The molecule has 0 spiro atoms. The van der Waals surface area contributed by atoms with E-state index in [1.165, 1.54) is 0 Å². The number of fused-ring (bicyclic) bond motifs is 1. The summed E-state index contributed by atoms with van der Waals surface area (Å²) >= 11 is 6.70. The lowest BCUT2D eigenvalue weighted by atomic mass is 10.2. The molecule has 0 saturated heterocycles. The van der Waals surface area contributed by atoms with Gasteiger partial charge in [0.25, 0.3) is 0 Å². The Bertz CT molecular complexity index is 474. The van der Waals surface area contributed by atoms with Crippen molar-refractivity contribution in [3.63, 3.8) is 0 Å². The molecule has 0 N–H and O–H groups in total. The van der Waals surface area contributed by atoms with E-state index in [1.807, 2.05) is 12.1 Å². The highest BCUT2D eigenvalue weighted by atomic mass is 79.9. The van der Waals surface area contributed by atoms with E-state index in [1.54, 1.807) is 6.07 Å². The van der Waals surface area contributed by atoms with Gasteiger partial charge >= 0.3 is 0 Å². The van der Waals surface area contributed by atoms with Crippen molar-refractivity contribution >= 4 is 49.1 Å². The number of furan rings is 1. The van der Waals surface area contributed by atoms with Gasteiger partial charge in [0.05, 0.1) is 4.47 Å². The Morgan fingerprint density at radius 1 is 1.23 bits per heavy atom. The van der Waals surface area contributed by atoms with E-state index in [9.17, 15) is 4.79 Å². The molecular formula is C9H4Br2O2. The minimum absolute atomic E-state index is 0.341. The zero-order chi connectivity index (χ0) is 9.42. The van der Waals surface area contributed by atoms with Gasteiger partial charge in [-0.15, -0.1) is 0 Å². The molecule has 0 unspecified atom stereocenters. The van der Waals surface area contributed by atoms with Gasteiger partial charge in [0.2, 0.25) is 0 Å². The summed E-state index contributed by atoms with van der Waals surface area (Å²) < 4.78 is 7.05. The predicted octanol–water partition coefficient (Wildman–Crippen LogP) is 3.77. The molecule has 66 valence electrons. The van der Waals surface area contributed by atoms with E-state index in [-0.39, 0.29) is 0 Å². The van der Waals surface area contributed by atoms with E-state index in [0.717, 1.165) is 14.3 Å². The lowest BCUT2D eigenvalue weighted by Gasteiger charge is -1.93. The largest absolute Gasteiger partial charge is 0.452 e. The van der Waals surface area contributed by atoms with Crippen LogP contribution in [0.15, 0.2) is 31.6 Å². The number of carbonyl (C=O) groups excluding carboxylic acids is 1. The average molecular weight is 304 g/mol. The number of rotatable bonds is 1. The first-order valence-corrected chi connectivity index (χ1v) is 5.13. The number of carbonyl (C=O) groups is 1. The van der Waals surface area contributed by atoms with Gasteiger partial charge in [0.15, 0.2) is 12.0 Å². The van der Waals surface area contributed by atoms with Crippen LogP contribution in [0.5, 0.6) is 0 Å². The van der Waals surface area contributed by atoms with Crippen LogP contribution in [-0.4, -0.2) is 6.29 Å². The minimum atomic E-state index is 0.341. The van der Waals surface area contributed by atoms with Crippen molar-refractivity contribution in [2.24, 2.45) is 0 Å². The number of aldehydes is 1. The number of benzene rings is 1. The van der Waals surface area contributed by atoms with Crippen molar-refractivity contribution in [1.29, 1.82) is 0 Å². The normalized spacial score (nSPS) is 10.6. The lowest BCUT2D eigenvalue weighted by molar-refractivity contribution is 0.110. The van der Waals surface area contributed by atoms with Crippen LogP contribution in [-0.2, 0) is 0 Å². The highest BCUT2D eigenvalue weighted by Gasteiger charge is 2.07. The summed E-state index contributed by atoms with van der Waals surface area (Å²) in [5, 5.41) is 0.906. The van der Waals surface area contributed by atoms with Crippen LogP contribution in [0.25, 0.3) is 11.0 Å². The molecule has 0 atom stereocenters. The Morgan fingerprint density at radius 2 is 2.00 bits per heavy atom. The molecule has 13 heavy (non-hydrogen) atoms.